The predicted molar refractivity (Wildman–Crippen MR) is 66.2 cm³/mol. The molecule has 2 atom stereocenters. The molecule has 2 unspecified atom stereocenters. The summed E-state index contributed by atoms with van der Waals surface area (Å²) >= 11 is 0. The Morgan fingerprint density at radius 1 is 1.26 bits per heavy atom. The van der Waals surface area contributed by atoms with E-state index in [2.05, 4.69) is 5.32 Å². The minimum absolute atomic E-state index is 0.0220. The SMILES string of the molecule is CC(=O)N1CCC(C(=O)NC(C(=O)O)C(C)O)CC1. The van der Waals surface area contributed by atoms with E-state index in [1.807, 2.05) is 0 Å². The largest absolute Gasteiger partial charge is 0.480 e. The molecule has 1 aliphatic rings. The van der Waals surface area contributed by atoms with E-state index < -0.39 is 18.1 Å². The highest BCUT2D eigenvalue weighted by Crippen LogP contribution is 2.17. The summed E-state index contributed by atoms with van der Waals surface area (Å²) in [6, 6.07) is -1.29. The average Bonchev–Trinajstić information content (AvgIpc) is 2.34. The van der Waals surface area contributed by atoms with Crippen molar-refractivity contribution in [3.8, 4) is 0 Å². The third-order valence-electron chi connectivity index (χ3n) is 3.36. The number of hydrogen-bond donors (Lipinski definition) is 3. The first kappa shape index (κ1) is 15.4. The van der Waals surface area contributed by atoms with Crippen molar-refractivity contribution in [1.82, 2.24) is 10.2 Å². The van der Waals surface area contributed by atoms with E-state index in [1.54, 1.807) is 4.90 Å². The number of amides is 2. The zero-order valence-corrected chi connectivity index (χ0v) is 11.1. The fourth-order valence-corrected chi connectivity index (χ4v) is 2.12. The molecule has 0 aromatic carbocycles. The van der Waals surface area contributed by atoms with Crippen LogP contribution in [0.2, 0.25) is 0 Å². The average molecular weight is 272 g/mol. The van der Waals surface area contributed by atoms with Crippen molar-refractivity contribution in [3.63, 3.8) is 0 Å². The van der Waals surface area contributed by atoms with Crippen LogP contribution >= 0.6 is 0 Å². The molecule has 0 saturated carbocycles. The van der Waals surface area contributed by atoms with Crippen molar-refractivity contribution in [2.75, 3.05) is 13.1 Å². The lowest BCUT2D eigenvalue weighted by atomic mass is 9.95. The summed E-state index contributed by atoms with van der Waals surface area (Å²) < 4.78 is 0. The van der Waals surface area contributed by atoms with E-state index >= 15 is 0 Å². The van der Waals surface area contributed by atoms with Gasteiger partial charge in [0.05, 0.1) is 6.10 Å². The molecular formula is C12H20N2O5. The number of aliphatic hydroxyl groups excluding tert-OH is 1. The van der Waals surface area contributed by atoms with Gasteiger partial charge < -0.3 is 20.4 Å². The number of carbonyl (C=O) groups is 3. The number of carbonyl (C=O) groups excluding carboxylic acids is 2. The first-order valence-electron chi connectivity index (χ1n) is 6.29. The monoisotopic (exact) mass is 272 g/mol. The van der Waals surface area contributed by atoms with Crippen LogP contribution in [0.5, 0.6) is 0 Å². The predicted octanol–water partition coefficient (Wildman–Crippen LogP) is -0.805. The molecule has 1 saturated heterocycles. The molecule has 0 bridgehead atoms. The van der Waals surface area contributed by atoms with Gasteiger partial charge in [-0.15, -0.1) is 0 Å². The Hall–Kier alpha value is -1.63. The lowest BCUT2D eigenvalue weighted by molar-refractivity contribution is -0.145. The second-order valence-corrected chi connectivity index (χ2v) is 4.85. The first-order chi connectivity index (χ1) is 8.82. The van der Waals surface area contributed by atoms with Crippen LogP contribution in [0.4, 0.5) is 0 Å². The van der Waals surface area contributed by atoms with Crippen LogP contribution in [0, 0.1) is 5.92 Å². The molecule has 0 aliphatic carbocycles. The summed E-state index contributed by atoms with van der Waals surface area (Å²) in [5, 5.41) is 20.5. The van der Waals surface area contributed by atoms with Crippen molar-refractivity contribution in [2.45, 2.75) is 38.8 Å². The maximum atomic E-state index is 11.9. The van der Waals surface area contributed by atoms with Gasteiger partial charge in [-0.3, -0.25) is 9.59 Å². The summed E-state index contributed by atoms with van der Waals surface area (Å²) in [6.45, 7) is 3.80. The van der Waals surface area contributed by atoms with E-state index in [9.17, 15) is 19.5 Å². The van der Waals surface area contributed by atoms with Gasteiger partial charge in [0.2, 0.25) is 11.8 Å². The molecule has 1 aliphatic heterocycles. The highest BCUT2D eigenvalue weighted by molar-refractivity contribution is 5.85. The standard InChI is InChI=1S/C12H20N2O5/c1-7(15)10(12(18)19)13-11(17)9-3-5-14(6-4-9)8(2)16/h7,9-10,15H,3-6H2,1-2H3,(H,13,17)(H,18,19). The van der Waals surface area contributed by atoms with Crippen LogP contribution in [0.1, 0.15) is 26.7 Å². The van der Waals surface area contributed by atoms with Gasteiger partial charge in [0, 0.05) is 25.9 Å². The van der Waals surface area contributed by atoms with Crippen LogP contribution < -0.4 is 5.32 Å². The maximum Gasteiger partial charge on any atom is 0.328 e. The zero-order valence-electron chi connectivity index (χ0n) is 11.1. The number of nitrogens with zero attached hydrogens (tertiary/aromatic N) is 1. The Morgan fingerprint density at radius 3 is 2.16 bits per heavy atom. The number of rotatable bonds is 4. The first-order valence-corrected chi connectivity index (χ1v) is 6.29. The minimum atomic E-state index is -1.29. The normalized spacial score (nSPS) is 19.6. The molecule has 2 amide bonds. The second-order valence-electron chi connectivity index (χ2n) is 4.85. The zero-order chi connectivity index (χ0) is 14.6. The van der Waals surface area contributed by atoms with Gasteiger partial charge in [-0.05, 0) is 19.8 Å². The molecule has 7 heteroatoms. The molecule has 0 aromatic rings. The number of carboxylic acids is 1. The summed E-state index contributed by atoms with van der Waals surface area (Å²) in [5.41, 5.74) is 0. The Kier molecular flexibility index (Phi) is 5.29. The molecule has 19 heavy (non-hydrogen) atoms. The molecule has 0 spiro atoms. The van der Waals surface area contributed by atoms with Crippen molar-refractivity contribution in [2.24, 2.45) is 5.92 Å². The number of likely N-dealkylation sites (tertiary alicyclic amines) is 1. The number of nitrogens with one attached hydrogen (secondary N) is 1. The van der Waals surface area contributed by atoms with E-state index in [1.165, 1.54) is 13.8 Å². The van der Waals surface area contributed by atoms with Gasteiger partial charge in [0.25, 0.3) is 0 Å². The Morgan fingerprint density at radius 2 is 1.79 bits per heavy atom. The molecule has 0 aromatic heterocycles. The third kappa shape index (κ3) is 4.20. The van der Waals surface area contributed by atoms with Crippen LogP contribution in [-0.4, -0.2) is 58.1 Å². The van der Waals surface area contributed by atoms with Crippen LogP contribution in [0.3, 0.4) is 0 Å². The Labute approximate surface area is 111 Å². The van der Waals surface area contributed by atoms with Gasteiger partial charge in [-0.25, -0.2) is 4.79 Å². The third-order valence-corrected chi connectivity index (χ3v) is 3.36. The maximum absolute atomic E-state index is 11.9. The van der Waals surface area contributed by atoms with Gasteiger partial charge in [-0.2, -0.15) is 0 Å². The van der Waals surface area contributed by atoms with E-state index in [4.69, 9.17) is 5.11 Å². The van der Waals surface area contributed by atoms with E-state index in [0.717, 1.165) is 0 Å². The molecule has 3 N–H and O–H groups in total. The fraction of sp³-hybridized carbons (Fsp3) is 0.750. The van der Waals surface area contributed by atoms with Crippen molar-refractivity contribution < 1.29 is 24.6 Å². The quantitative estimate of drug-likeness (QED) is 0.621. The molecule has 1 rings (SSSR count). The Balaban J connectivity index is 2.51. The summed E-state index contributed by atoms with van der Waals surface area (Å²) in [4.78, 5) is 35.6. The molecule has 1 fully saturated rings. The van der Waals surface area contributed by atoms with Crippen molar-refractivity contribution in [3.05, 3.63) is 0 Å². The smallest absolute Gasteiger partial charge is 0.328 e. The molecular weight excluding hydrogens is 252 g/mol. The minimum Gasteiger partial charge on any atom is -0.480 e. The second kappa shape index (κ2) is 6.51. The number of aliphatic carboxylic acids is 1. The van der Waals surface area contributed by atoms with Gasteiger partial charge in [-0.1, -0.05) is 0 Å². The van der Waals surface area contributed by atoms with Crippen LogP contribution in [0.25, 0.3) is 0 Å². The molecule has 108 valence electrons. The van der Waals surface area contributed by atoms with Crippen molar-refractivity contribution >= 4 is 17.8 Å². The highest BCUT2D eigenvalue weighted by Gasteiger charge is 2.31. The van der Waals surface area contributed by atoms with Gasteiger partial charge in [0.15, 0.2) is 6.04 Å². The molecule has 1 heterocycles. The number of hydrogen-bond acceptors (Lipinski definition) is 4. The number of piperidine rings is 1. The summed E-state index contributed by atoms with van der Waals surface area (Å²) in [5.74, 6) is -1.97. The van der Waals surface area contributed by atoms with Crippen LogP contribution in [0.15, 0.2) is 0 Å². The lowest BCUT2D eigenvalue weighted by Gasteiger charge is -2.31. The van der Waals surface area contributed by atoms with E-state index in [0.29, 0.717) is 25.9 Å². The highest BCUT2D eigenvalue weighted by atomic mass is 16.4. The summed E-state index contributed by atoms with van der Waals surface area (Å²) in [7, 11) is 0. The number of carboxylic acid groups (broad SMARTS) is 1. The fourth-order valence-electron chi connectivity index (χ4n) is 2.12. The van der Waals surface area contributed by atoms with E-state index in [-0.39, 0.29) is 17.7 Å². The lowest BCUT2D eigenvalue weighted by Crippen LogP contribution is -2.51. The molecule has 7 nitrogen and oxygen atoms in total. The number of aliphatic hydroxyl groups is 1. The van der Waals surface area contributed by atoms with Crippen molar-refractivity contribution in [1.29, 1.82) is 0 Å². The molecule has 0 radical (unpaired) electrons. The van der Waals surface area contributed by atoms with Gasteiger partial charge in [0.1, 0.15) is 0 Å². The topological polar surface area (TPSA) is 107 Å². The Bertz CT molecular complexity index is 361. The van der Waals surface area contributed by atoms with Gasteiger partial charge >= 0.3 is 5.97 Å². The van der Waals surface area contributed by atoms with Crippen LogP contribution in [-0.2, 0) is 14.4 Å². The summed E-state index contributed by atoms with van der Waals surface area (Å²) in [6.07, 6.45) is -0.131.